The largest absolute Gasteiger partial charge is 0.417 e. The van der Waals surface area contributed by atoms with Crippen molar-refractivity contribution in [1.29, 1.82) is 5.26 Å². The molecule has 1 atom stereocenters. The van der Waals surface area contributed by atoms with E-state index in [0.29, 0.717) is 44.9 Å². The summed E-state index contributed by atoms with van der Waals surface area (Å²) in [6.07, 6.45) is -2.70. The molecule has 0 N–H and O–H groups in total. The van der Waals surface area contributed by atoms with Crippen molar-refractivity contribution in [1.82, 2.24) is 4.90 Å². The van der Waals surface area contributed by atoms with Gasteiger partial charge in [0.05, 0.1) is 30.2 Å². The highest BCUT2D eigenvalue weighted by Gasteiger charge is 2.49. The Balaban J connectivity index is 1.47. The number of methoxy groups -OCH3 is 1. The van der Waals surface area contributed by atoms with E-state index in [0.717, 1.165) is 24.5 Å². The zero-order chi connectivity index (χ0) is 24.3. The maximum Gasteiger partial charge on any atom is 0.417 e. The molecule has 2 fully saturated rings. The van der Waals surface area contributed by atoms with Crippen molar-refractivity contribution in [3.63, 3.8) is 0 Å². The topological polar surface area (TPSA) is 56.6 Å². The summed E-state index contributed by atoms with van der Waals surface area (Å²) in [5, 5.41) is 9.06. The molecule has 0 aromatic heterocycles. The molecule has 2 aliphatic rings. The van der Waals surface area contributed by atoms with Crippen molar-refractivity contribution in [3.8, 4) is 6.07 Å². The molecule has 1 unspecified atom stereocenters. The van der Waals surface area contributed by atoms with Crippen LogP contribution >= 0.6 is 0 Å². The molecule has 180 valence electrons. The van der Waals surface area contributed by atoms with Gasteiger partial charge in [0, 0.05) is 44.9 Å². The van der Waals surface area contributed by atoms with Gasteiger partial charge in [0.2, 0.25) is 5.91 Å². The lowest BCUT2D eigenvalue weighted by Gasteiger charge is -2.43. The van der Waals surface area contributed by atoms with Gasteiger partial charge in [-0.05, 0) is 42.0 Å². The maximum atomic E-state index is 13.4. The number of rotatable bonds is 5. The van der Waals surface area contributed by atoms with Crippen molar-refractivity contribution < 1.29 is 22.7 Å². The second kappa shape index (κ2) is 9.67. The summed E-state index contributed by atoms with van der Waals surface area (Å²) in [5.41, 5.74) is 0.0716. The van der Waals surface area contributed by atoms with Gasteiger partial charge in [-0.15, -0.1) is 0 Å². The highest BCUT2D eigenvalue weighted by atomic mass is 19.4. The number of nitrogens with zero attached hydrogens (tertiary/aromatic N) is 3. The predicted octanol–water partition coefficient (Wildman–Crippen LogP) is 4.51. The van der Waals surface area contributed by atoms with Gasteiger partial charge in [-0.1, -0.05) is 30.3 Å². The van der Waals surface area contributed by atoms with Gasteiger partial charge in [0.15, 0.2) is 0 Å². The highest BCUT2D eigenvalue weighted by Crippen LogP contribution is 2.46. The second-order valence-corrected chi connectivity index (χ2v) is 9.28. The summed E-state index contributed by atoms with van der Waals surface area (Å²) < 4.78 is 45.7. The second-order valence-electron chi connectivity index (χ2n) is 9.28. The standard InChI is InChI=1S/C26H28F3N3O2/c1-34-17-21-16-32(24(33)13-19-5-3-2-4-6-19)18-25(21)9-11-31(12-10-25)22-8-7-20(15-30)23(14-22)26(27,28)29/h2-8,14,21H,9-13,16-18H2,1H3. The lowest BCUT2D eigenvalue weighted by Crippen LogP contribution is -2.45. The van der Waals surface area contributed by atoms with Crippen LogP contribution in [0, 0.1) is 22.7 Å². The number of amides is 1. The molecule has 0 bridgehead atoms. The minimum Gasteiger partial charge on any atom is -0.384 e. The fourth-order valence-corrected chi connectivity index (χ4v) is 5.37. The number of carbonyl (C=O) groups excluding carboxylic acids is 1. The van der Waals surface area contributed by atoms with Gasteiger partial charge in [-0.2, -0.15) is 18.4 Å². The van der Waals surface area contributed by atoms with E-state index in [1.165, 1.54) is 6.07 Å². The Morgan fingerprint density at radius 3 is 2.50 bits per heavy atom. The number of halogens is 3. The Hall–Kier alpha value is -3.05. The van der Waals surface area contributed by atoms with Gasteiger partial charge in [-0.3, -0.25) is 4.79 Å². The van der Waals surface area contributed by atoms with E-state index < -0.39 is 11.7 Å². The van der Waals surface area contributed by atoms with Crippen molar-refractivity contribution in [2.24, 2.45) is 11.3 Å². The van der Waals surface area contributed by atoms with E-state index >= 15 is 0 Å². The van der Waals surface area contributed by atoms with Gasteiger partial charge in [0.25, 0.3) is 0 Å². The predicted molar refractivity (Wildman–Crippen MR) is 122 cm³/mol. The number of hydrogen-bond donors (Lipinski definition) is 0. The first kappa shape index (κ1) is 24.1. The Morgan fingerprint density at radius 2 is 1.88 bits per heavy atom. The number of nitriles is 1. The van der Waals surface area contributed by atoms with Crippen LogP contribution in [0.3, 0.4) is 0 Å². The Bertz CT molecular complexity index is 1060. The van der Waals surface area contributed by atoms with Crippen LogP contribution in [0.5, 0.6) is 0 Å². The van der Waals surface area contributed by atoms with E-state index in [4.69, 9.17) is 10.00 Å². The van der Waals surface area contributed by atoms with Crippen molar-refractivity contribution in [2.45, 2.75) is 25.4 Å². The zero-order valence-corrected chi connectivity index (χ0v) is 19.1. The van der Waals surface area contributed by atoms with Crippen LogP contribution in [0.15, 0.2) is 48.5 Å². The van der Waals surface area contributed by atoms with E-state index in [-0.39, 0.29) is 22.8 Å². The molecule has 2 heterocycles. The number of anilines is 1. The molecule has 2 aromatic carbocycles. The van der Waals surface area contributed by atoms with E-state index in [1.54, 1.807) is 19.2 Å². The van der Waals surface area contributed by atoms with Crippen molar-refractivity contribution >= 4 is 11.6 Å². The molecule has 0 aliphatic carbocycles. The fraction of sp³-hybridized carbons (Fsp3) is 0.462. The quantitative estimate of drug-likeness (QED) is 0.644. The molecule has 0 radical (unpaired) electrons. The monoisotopic (exact) mass is 471 g/mol. The zero-order valence-electron chi connectivity index (χ0n) is 19.1. The molecule has 2 aliphatic heterocycles. The average molecular weight is 472 g/mol. The van der Waals surface area contributed by atoms with E-state index in [9.17, 15) is 18.0 Å². The highest BCUT2D eigenvalue weighted by molar-refractivity contribution is 5.79. The summed E-state index contributed by atoms with van der Waals surface area (Å²) in [6.45, 7) is 2.99. The molecule has 1 spiro atoms. The third kappa shape index (κ3) is 4.90. The number of hydrogen-bond acceptors (Lipinski definition) is 4. The third-order valence-electron chi connectivity index (χ3n) is 7.28. The first-order valence-corrected chi connectivity index (χ1v) is 11.4. The number of carbonyl (C=O) groups is 1. The first-order valence-electron chi connectivity index (χ1n) is 11.4. The molecular formula is C26H28F3N3O2. The van der Waals surface area contributed by atoms with Crippen LogP contribution in [-0.2, 0) is 22.1 Å². The Kier molecular flexibility index (Phi) is 6.85. The molecule has 8 heteroatoms. The first-order chi connectivity index (χ1) is 16.3. The van der Waals surface area contributed by atoms with Crippen molar-refractivity contribution in [2.75, 3.05) is 44.8 Å². The normalized spacial score (nSPS) is 19.9. The van der Waals surface area contributed by atoms with Crippen LogP contribution in [0.25, 0.3) is 0 Å². The fourth-order valence-electron chi connectivity index (χ4n) is 5.37. The molecule has 0 saturated carbocycles. The molecule has 4 rings (SSSR count). The molecule has 5 nitrogen and oxygen atoms in total. The Morgan fingerprint density at radius 1 is 1.18 bits per heavy atom. The minimum absolute atomic E-state index is 0.0912. The smallest absolute Gasteiger partial charge is 0.384 e. The summed E-state index contributed by atoms with van der Waals surface area (Å²) in [4.78, 5) is 16.9. The molecule has 2 aromatic rings. The summed E-state index contributed by atoms with van der Waals surface area (Å²) >= 11 is 0. The number of ether oxygens (including phenoxy) is 1. The van der Waals surface area contributed by atoms with Crippen LogP contribution in [-0.4, -0.2) is 50.7 Å². The summed E-state index contributed by atoms with van der Waals surface area (Å²) in [6, 6.07) is 15.2. The summed E-state index contributed by atoms with van der Waals surface area (Å²) in [7, 11) is 1.66. The number of alkyl halides is 3. The maximum absolute atomic E-state index is 13.4. The third-order valence-corrected chi connectivity index (χ3v) is 7.28. The lowest BCUT2D eigenvalue weighted by molar-refractivity contribution is -0.137. The van der Waals surface area contributed by atoms with E-state index in [1.807, 2.05) is 40.1 Å². The average Bonchev–Trinajstić information content (AvgIpc) is 3.17. The molecular weight excluding hydrogens is 443 g/mol. The SMILES string of the molecule is COCC1CN(C(=O)Cc2ccccc2)CC12CCN(c1ccc(C#N)c(C(F)(F)F)c1)CC2. The number of piperidine rings is 1. The Labute approximate surface area is 197 Å². The molecule has 34 heavy (non-hydrogen) atoms. The number of likely N-dealkylation sites (tertiary alicyclic amines) is 1. The van der Waals surface area contributed by atoms with Crippen molar-refractivity contribution in [3.05, 3.63) is 65.2 Å². The van der Waals surface area contributed by atoms with Crippen LogP contribution < -0.4 is 4.90 Å². The van der Waals surface area contributed by atoms with Gasteiger partial charge >= 0.3 is 6.18 Å². The van der Waals surface area contributed by atoms with Crippen LogP contribution in [0.2, 0.25) is 0 Å². The number of benzene rings is 2. The lowest BCUT2D eigenvalue weighted by atomic mass is 9.71. The van der Waals surface area contributed by atoms with E-state index in [2.05, 4.69) is 0 Å². The van der Waals surface area contributed by atoms with Crippen LogP contribution in [0.1, 0.15) is 29.5 Å². The molecule has 1 amide bonds. The minimum atomic E-state index is -4.58. The van der Waals surface area contributed by atoms with Crippen LogP contribution in [0.4, 0.5) is 18.9 Å². The van der Waals surface area contributed by atoms with Gasteiger partial charge < -0.3 is 14.5 Å². The van der Waals surface area contributed by atoms with Gasteiger partial charge in [-0.25, -0.2) is 0 Å². The van der Waals surface area contributed by atoms with Gasteiger partial charge in [0.1, 0.15) is 0 Å². The molecule has 2 saturated heterocycles. The summed E-state index contributed by atoms with van der Waals surface area (Å²) in [5.74, 6) is 0.277.